The molecule has 0 saturated carbocycles. The predicted octanol–water partition coefficient (Wildman–Crippen LogP) is 1.11. The van der Waals surface area contributed by atoms with Crippen molar-refractivity contribution < 1.29 is 16.8 Å². The first kappa shape index (κ1) is 23.8. The van der Waals surface area contributed by atoms with Crippen LogP contribution in [-0.2, 0) is 27.1 Å². The van der Waals surface area contributed by atoms with E-state index in [0.717, 1.165) is 17.8 Å². The van der Waals surface area contributed by atoms with Crippen LogP contribution in [0.25, 0.3) is 0 Å². The summed E-state index contributed by atoms with van der Waals surface area (Å²) in [6.07, 6.45) is 0. The van der Waals surface area contributed by atoms with Gasteiger partial charge in [-0.15, -0.1) is 9.50 Å². The Balaban J connectivity index is 2.21. The number of aryl methyl sites for hydroxylation is 1. The number of thiocarbonyl (C=S) groups is 1. The fourth-order valence-corrected chi connectivity index (χ4v) is 5.90. The molecule has 1 aromatic carbocycles. The van der Waals surface area contributed by atoms with E-state index in [4.69, 9.17) is 17.4 Å². The van der Waals surface area contributed by atoms with E-state index in [2.05, 4.69) is 14.2 Å². The largest absolute Gasteiger partial charge is 0.357 e. The average molecular weight is 497 g/mol. The third-order valence-corrected chi connectivity index (χ3v) is 8.54. The standard InChI is InChI=1S/C14H20N6O4S5/c1-4-20(5-2)14(25)27-17-10-6-8-11(9-7-10)29(23,24)18-12-19(3)16-13(26-12)28(15,21)22/h6-9,17H,4-5H2,1-3H3,(H2,15,21,22)/b18-12-. The van der Waals surface area contributed by atoms with Crippen LogP contribution in [-0.4, -0.2) is 48.9 Å². The maximum atomic E-state index is 12.5. The number of nitrogens with one attached hydrogen (secondary N) is 1. The Labute approximate surface area is 183 Å². The first-order chi connectivity index (χ1) is 13.5. The zero-order valence-corrected chi connectivity index (χ0v) is 19.8. The molecule has 0 amide bonds. The molecule has 15 heteroatoms. The highest BCUT2D eigenvalue weighted by molar-refractivity contribution is 8.23. The van der Waals surface area contributed by atoms with Gasteiger partial charge in [0.05, 0.1) is 4.90 Å². The van der Waals surface area contributed by atoms with Crippen LogP contribution in [0.2, 0.25) is 0 Å². The van der Waals surface area contributed by atoms with Crippen LogP contribution < -0.4 is 14.7 Å². The second-order valence-electron chi connectivity index (χ2n) is 5.55. The summed E-state index contributed by atoms with van der Waals surface area (Å²) in [4.78, 5) is 1.84. The van der Waals surface area contributed by atoms with Crippen LogP contribution in [0.4, 0.5) is 5.69 Å². The molecule has 0 bridgehead atoms. The molecule has 0 aliphatic rings. The van der Waals surface area contributed by atoms with E-state index in [1.165, 1.54) is 31.1 Å². The van der Waals surface area contributed by atoms with E-state index < -0.39 is 24.4 Å². The Kier molecular flexibility index (Phi) is 7.80. The Bertz CT molecular complexity index is 1150. The fourth-order valence-electron chi connectivity index (χ4n) is 2.02. The van der Waals surface area contributed by atoms with Crippen molar-refractivity contribution in [1.82, 2.24) is 14.7 Å². The van der Waals surface area contributed by atoms with E-state index in [9.17, 15) is 16.8 Å². The van der Waals surface area contributed by atoms with Gasteiger partial charge in [-0.3, -0.25) is 0 Å². The van der Waals surface area contributed by atoms with Crippen LogP contribution in [0.1, 0.15) is 13.8 Å². The number of hydrogen-bond donors (Lipinski definition) is 2. The quantitative estimate of drug-likeness (QED) is 0.426. The number of benzene rings is 1. The molecule has 160 valence electrons. The Hall–Kier alpha value is -1.52. The lowest BCUT2D eigenvalue weighted by Gasteiger charge is -2.20. The van der Waals surface area contributed by atoms with Gasteiger partial charge in [-0.1, -0.05) is 23.6 Å². The molecule has 0 atom stereocenters. The number of primary sulfonamides is 1. The summed E-state index contributed by atoms with van der Waals surface area (Å²) in [5, 5.41) is 8.69. The minimum atomic E-state index is -4.07. The van der Waals surface area contributed by atoms with Gasteiger partial charge >= 0.3 is 0 Å². The van der Waals surface area contributed by atoms with Gasteiger partial charge < -0.3 is 9.62 Å². The van der Waals surface area contributed by atoms with Gasteiger partial charge in [0.25, 0.3) is 20.0 Å². The number of nitrogens with two attached hydrogens (primary N) is 1. The summed E-state index contributed by atoms with van der Waals surface area (Å²) in [5.74, 6) is 0. The highest BCUT2D eigenvalue weighted by atomic mass is 32.2. The number of sulfonamides is 2. The van der Waals surface area contributed by atoms with Crippen molar-refractivity contribution in [2.24, 2.45) is 16.6 Å². The number of anilines is 1. The van der Waals surface area contributed by atoms with Crippen LogP contribution in [0.5, 0.6) is 0 Å². The maximum absolute atomic E-state index is 12.5. The minimum Gasteiger partial charge on any atom is -0.357 e. The molecular formula is C14H20N6O4S5. The molecular weight excluding hydrogens is 477 g/mol. The summed E-state index contributed by atoms with van der Waals surface area (Å²) in [6.45, 7) is 5.61. The summed E-state index contributed by atoms with van der Waals surface area (Å²) in [5.41, 5.74) is 0.670. The third-order valence-electron chi connectivity index (χ3n) is 3.56. The van der Waals surface area contributed by atoms with Crippen molar-refractivity contribution in [3.8, 4) is 0 Å². The van der Waals surface area contributed by atoms with Gasteiger partial charge in [-0.05, 0) is 38.1 Å². The SMILES string of the molecule is CCN(CC)C(=S)SNc1ccc(S(=O)(=O)/N=c2\sc(S(N)(=O)=O)nn2C)cc1. The van der Waals surface area contributed by atoms with Crippen molar-refractivity contribution >= 4 is 65.6 Å². The number of rotatable bonds is 7. The second-order valence-corrected chi connectivity index (χ2v) is 11.3. The van der Waals surface area contributed by atoms with Crippen molar-refractivity contribution in [3.63, 3.8) is 0 Å². The highest BCUT2D eigenvalue weighted by Gasteiger charge is 2.18. The lowest BCUT2D eigenvalue weighted by atomic mass is 10.3. The molecule has 0 saturated heterocycles. The van der Waals surface area contributed by atoms with Crippen LogP contribution in [0, 0.1) is 0 Å². The van der Waals surface area contributed by atoms with Crippen LogP contribution in [0.15, 0.2) is 37.9 Å². The first-order valence-electron chi connectivity index (χ1n) is 8.17. The van der Waals surface area contributed by atoms with Crippen molar-refractivity contribution in [3.05, 3.63) is 29.1 Å². The summed E-state index contributed by atoms with van der Waals surface area (Å²) in [6, 6.07) is 5.96. The van der Waals surface area contributed by atoms with Crippen molar-refractivity contribution in [1.29, 1.82) is 0 Å². The second kappa shape index (κ2) is 9.53. The first-order valence-corrected chi connectivity index (χ1v) is 13.2. The summed E-state index contributed by atoms with van der Waals surface area (Å²) < 4.78 is 55.8. The Morgan fingerprint density at radius 3 is 2.34 bits per heavy atom. The summed E-state index contributed by atoms with van der Waals surface area (Å²) in [7, 11) is -6.74. The molecule has 29 heavy (non-hydrogen) atoms. The number of hydrogen-bond acceptors (Lipinski definition) is 9. The smallest absolute Gasteiger partial charge is 0.285 e. The number of aromatic nitrogens is 2. The Morgan fingerprint density at radius 1 is 1.28 bits per heavy atom. The van der Waals surface area contributed by atoms with Gasteiger partial charge in [0, 0.05) is 37.8 Å². The van der Waals surface area contributed by atoms with Crippen LogP contribution in [0.3, 0.4) is 0 Å². The van der Waals surface area contributed by atoms with Crippen LogP contribution >= 0.6 is 35.5 Å². The molecule has 0 aliphatic carbocycles. The van der Waals surface area contributed by atoms with Crippen molar-refractivity contribution in [2.75, 3.05) is 17.8 Å². The maximum Gasteiger partial charge on any atom is 0.285 e. The lowest BCUT2D eigenvalue weighted by molar-refractivity contribution is 0.482. The zero-order valence-electron chi connectivity index (χ0n) is 15.8. The lowest BCUT2D eigenvalue weighted by Crippen LogP contribution is -2.27. The molecule has 1 aromatic heterocycles. The number of nitrogens with zero attached hydrogens (tertiary/aromatic N) is 4. The Morgan fingerprint density at radius 2 is 1.86 bits per heavy atom. The molecule has 0 radical (unpaired) electrons. The topological polar surface area (TPSA) is 140 Å². The van der Waals surface area contributed by atoms with E-state index in [0.29, 0.717) is 21.3 Å². The molecule has 1 heterocycles. The van der Waals surface area contributed by atoms with Gasteiger partial charge in [0.2, 0.25) is 9.14 Å². The molecule has 0 fully saturated rings. The van der Waals surface area contributed by atoms with Gasteiger partial charge in [0.15, 0.2) is 4.32 Å². The molecule has 2 rings (SSSR count). The zero-order chi connectivity index (χ0) is 21.8. The summed E-state index contributed by atoms with van der Waals surface area (Å²) >= 11 is 7.16. The molecule has 0 aliphatic heterocycles. The van der Waals surface area contributed by atoms with E-state index in [-0.39, 0.29) is 9.70 Å². The molecule has 3 N–H and O–H groups in total. The highest BCUT2D eigenvalue weighted by Crippen LogP contribution is 2.20. The molecule has 0 unspecified atom stereocenters. The average Bonchev–Trinajstić information content (AvgIpc) is 3.01. The monoisotopic (exact) mass is 496 g/mol. The third kappa shape index (κ3) is 6.23. The minimum absolute atomic E-state index is 0.0510. The van der Waals surface area contributed by atoms with Crippen molar-refractivity contribution in [2.45, 2.75) is 23.1 Å². The normalized spacial score (nSPS) is 12.8. The van der Waals surface area contributed by atoms with Gasteiger partial charge in [0.1, 0.15) is 0 Å². The predicted molar refractivity (Wildman–Crippen MR) is 118 cm³/mol. The van der Waals surface area contributed by atoms with E-state index >= 15 is 0 Å². The molecule has 0 spiro atoms. The molecule has 2 aromatic rings. The van der Waals surface area contributed by atoms with E-state index in [1.807, 2.05) is 18.7 Å². The van der Waals surface area contributed by atoms with E-state index in [1.54, 1.807) is 12.1 Å². The van der Waals surface area contributed by atoms with Gasteiger partial charge in [-0.2, -0.15) is 8.42 Å². The fraction of sp³-hybridized carbons (Fsp3) is 0.357. The molecule has 10 nitrogen and oxygen atoms in total. The van der Waals surface area contributed by atoms with Gasteiger partial charge in [-0.25, -0.2) is 18.2 Å².